The van der Waals surface area contributed by atoms with E-state index in [2.05, 4.69) is 16.9 Å². The first kappa shape index (κ1) is 16.2. The van der Waals surface area contributed by atoms with Crippen molar-refractivity contribution in [3.8, 4) is 0 Å². The van der Waals surface area contributed by atoms with Gasteiger partial charge in [0, 0.05) is 5.69 Å². The molecule has 4 heteroatoms. The molecular weight excluding hydrogens is 271 g/mol. The van der Waals surface area contributed by atoms with E-state index in [4.69, 9.17) is 0 Å². The molecule has 0 radical (unpaired) electrons. The summed E-state index contributed by atoms with van der Waals surface area (Å²) < 4.78 is 13.3. The van der Waals surface area contributed by atoms with E-state index >= 15 is 0 Å². The van der Waals surface area contributed by atoms with E-state index in [1.165, 1.54) is 18.7 Å². The Balaban J connectivity index is 3.13. The number of benzene rings is 1. The number of amidine groups is 1. The molecule has 1 aromatic rings. The van der Waals surface area contributed by atoms with Crippen LogP contribution < -0.4 is 5.32 Å². The average molecular weight is 290 g/mol. The van der Waals surface area contributed by atoms with Crippen molar-refractivity contribution in [1.82, 2.24) is 0 Å². The van der Waals surface area contributed by atoms with Crippen LogP contribution in [0.15, 0.2) is 58.8 Å². The average Bonchev–Trinajstić information content (AvgIpc) is 2.45. The van der Waals surface area contributed by atoms with Crippen LogP contribution in [0.25, 0.3) is 6.08 Å². The lowest BCUT2D eigenvalue weighted by molar-refractivity contribution is 0.634. The molecule has 0 spiro atoms. The third kappa shape index (κ3) is 4.70. The predicted octanol–water partition coefficient (Wildman–Crippen LogP) is 5.24. The summed E-state index contributed by atoms with van der Waals surface area (Å²) in [5.41, 5.74) is 1.85. The highest BCUT2D eigenvalue weighted by Gasteiger charge is 2.04. The second kappa shape index (κ2) is 8.38. The molecule has 0 aliphatic rings. The normalized spacial score (nSPS) is 13.3. The molecule has 1 N–H and O–H groups in total. The van der Waals surface area contributed by atoms with Gasteiger partial charge in [0.2, 0.25) is 0 Å². The van der Waals surface area contributed by atoms with Crippen LogP contribution in [0.2, 0.25) is 0 Å². The molecule has 0 aliphatic carbocycles. The first-order valence-electron chi connectivity index (χ1n) is 6.22. The number of allylic oxidation sites excluding steroid dienone is 2. The van der Waals surface area contributed by atoms with Gasteiger partial charge in [0.1, 0.15) is 16.7 Å². The van der Waals surface area contributed by atoms with E-state index in [9.17, 15) is 4.39 Å². The van der Waals surface area contributed by atoms with Crippen LogP contribution in [-0.4, -0.2) is 12.1 Å². The van der Waals surface area contributed by atoms with Gasteiger partial charge >= 0.3 is 0 Å². The SMILES string of the molecule is C=Cc1ccccc1NC(/C=C\C)=N/C(SC)=C(/C)F. The zero-order chi connectivity index (χ0) is 15.0. The standard InChI is InChI=1S/C16H19FN2S/c1-5-9-15(19-16(20-4)12(3)17)18-14-11-8-7-10-13(14)6-2/h5-11H,2H2,1,3-4H3,(H,18,19)/b9-5-,16-12+. The van der Waals surface area contributed by atoms with Crippen molar-refractivity contribution < 1.29 is 4.39 Å². The van der Waals surface area contributed by atoms with Gasteiger partial charge in [-0.25, -0.2) is 9.38 Å². The highest BCUT2D eigenvalue weighted by Crippen LogP contribution is 2.21. The van der Waals surface area contributed by atoms with Crippen LogP contribution in [-0.2, 0) is 0 Å². The number of aliphatic imine (C=N–C) groups is 1. The lowest BCUT2D eigenvalue weighted by atomic mass is 10.2. The van der Waals surface area contributed by atoms with Crippen LogP contribution in [0.1, 0.15) is 19.4 Å². The third-order valence-electron chi connectivity index (χ3n) is 2.48. The van der Waals surface area contributed by atoms with Gasteiger partial charge in [-0.3, -0.25) is 0 Å². The molecule has 0 unspecified atom stereocenters. The van der Waals surface area contributed by atoms with Gasteiger partial charge in [-0.2, -0.15) is 0 Å². The quantitative estimate of drug-likeness (QED) is 0.592. The molecule has 0 heterocycles. The Morgan fingerprint density at radius 2 is 2.10 bits per heavy atom. The van der Waals surface area contributed by atoms with Crippen molar-refractivity contribution in [2.24, 2.45) is 4.99 Å². The smallest absolute Gasteiger partial charge is 0.131 e. The van der Waals surface area contributed by atoms with Crippen molar-refractivity contribution in [3.63, 3.8) is 0 Å². The molecule has 106 valence electrons. The van der Waals surface area contributed by atoms with Crippen molar-refractivity contribution in [2.45, 2.75) is 13.8 Å². The molecule has 0 saturated heterocycles. The number of nitrogens with zero attached hydrogens (tertiary/aromatic N) is 1. The van der Waals surface area contributed by atoms with Gasteiger partial charge in [0.05, 0.1) is 0 Å². The zero-order valence-electron chi connectivity index (χ0n) is 12.0. The Morgan fingerprint density at radius 3 is 2.65 bits per heavy atom. The Bertz CT molecular complexity index is 555. The van der Waals surface area contributed by atoms with Crippen molar-refractivity contribution >= 4 is 29.4 Å². The van der Waals surface area contributed by atoms with E-state index in [-0.39, 0.29) is 5.83 Å². The van der Waals surface area contributed by atoms with Crippen LogP contribution in [0, 0.1) is 0 Å². The topological polar surface area (TPSA) is 24.4 Å². The minimum atomic E-state index is -0.293. The lowest BCUT2D eigenvalue weighted by Gasteiger charge is -2.10. The molecule has 0 fully saturated rings. The van der Waals surface area contributed by atoms with E-state index in [0.717, 1.165) is 11.3 Å². The minimum absolute atomic E-state index is 0.293. The molecule has 1 rings (SSSR count). The number of anilines is 1. The minimum Gasteiger partial charge on any atom is -0.340 e. The Kier molecular flexibility index (Phi) is 6.81. The summed E-state index contributed by atoms with van der Waals surface area (Å²) in [6.07, 6.45) is 7.22. The Morgan fingerprint density at radius 1 is 1.40 bits per heavy atom. The number of para-hydroxylation sites is 1. The Labute approximate surface area is 124 Å². The molecule has 1 aromatic carbocycles. The fraction of sp³-hybridized carbons (Fsp3) is 0.188. The van der Waals surface area contributed by atoms with Crippen LogP contribution in [0.4, 0.5) is 10.1 Å². The maximum atomic E-state index is 13.3. The van der Waals surface area contributed by atoms with Crippen LogP contribution in [0.5, 0.6) is 0 Å². The van der Waals surface area contributed by atoms with Gasteiger partial charge in [0.25, 0.3) is 0 Å². The van der Waals surface area contributed by atoms with Crippen LogP contribution >= 0.6 is 11.8 Å². The van der Waals surface area contributed by atoms with E-state index in [0.29, 0.717) is 10.9 Å². The monoisotopic (exact) mass is 290 g/mol. The summed E-state index contributed by atoms with van der Waals surface area (Å²) in [4.78, 5) is 4.31. The predicted molar refractivity (Wildman–Crippen MR) is 89.7 cm³/mol. The fourth-order valence-corrected chi connectivity index (χ4v) is 2.04. The first-order chi connectivity index (χ1) is 9.62. The summed E-state index contributed by atoms with van der Waals surface area (Å²) in [5.74, 6) is 0.293. The number of hydrogen-bond donors (Lipinski definition) is 1. The summed E-state index contributed by atoms with van der Waals surface area (Å²) in [5, 5.41) is 3.56. The van der Waals surface area contributed by atoms with Crippen molar-refractivity contribution in [2.75, 3.05) is 11.6 Å². The number of rotatable bonds is 5. The summed E-state index contributed by atoms with van der Waals surface area (Å²) in [7, 11) is 0. The molecule has 0 aromatic heterocycles. The third-order valence-corrected chi connectivity index (χ3v) is 3.24. The van der Waals surface area contributed by atoms with E-state index < -0.39 is 0 Å². The van der Waals surface area contributed by atoms with E-state index in [1.54, 1.807) is 18.4 Å². The van der Waals surface area contributed by atoms with E-state index in [1.807, 2.05) is 37.3 Å². The highest BCUT2D eigenvalue weighted by molar-refractivity contribution is 8.02. The van der Waals surface area contributed by atoms with Crippen molar-refractivity contribution in [3.05, 3.63) is 59.4 Å². The molecule has 0 saturated carbocycles. The summed E-state index contributed by atoms with van der Waals surface area (Å²) >= 11 is 1.28. The number of nitrogens with one attached hydrogen (secondary N) is 1. The molecule has 0 bridgehead atoms. The fourth-order valence-electron chi connectivity index (χ4n) is 1.56. The summed E-state index contributed by atoms with van der Waals surface area (Å²) in [6, 6.07) is 7.75. The number of halogens is 1. The van der Waals surface area contributed by atoms with Gasteiger partial charge in [-0.1, -0.05) is 36.9 Å². The summed E-state index contributed by atoms with van der Waals surface area (Å²) in [6.45, 7) is 7.07. The Hall–Kier alpha value is -1.81. The second-order valence-electron chi connectivity index (χ2n) is 3.96. The van der Waals surface area contributed by atoms with Gasteiger partial charge in [-0.15, -0.1) is 11.8 Å². The molecule has 0 amide bonds. The molecule has 0 aliphatic heterocycles. The van der Waals surface area contributed by atoms with Crippen LogP contribution in [0.3, 0.4) is 0 Å². The largest absolute Gasteiger partial charge is 0.340 e. The molecule has 20 heavy (non-hydrogen) atoms. The molecule has 2 nitrogen and oxygen atoms in total. The first-order valence-corrected chi connectivity index (χ1v) is 7.45. The van der Waals surface area contributed by atoms with Gasteiger partial charge in [-0.05, 0) is 37.8 Å². The lowest BCUT2D eigenvalue weighted by Crippen LogP contribution is -2.10. The maximum absolute atomic E-state index is 13.3. The second-order valence-corrected chi connectivity index (χ2v) is 4.75. The zero-order valence-corrected chi connectivity index (χ0v) is 12.8. The highest BCUT2D eigenvalue weighted by atomic mass is 32.2. The number of thioether (sulfide) groups is 1. The maximum Gasteiger partial charge on any atom is 0.131 e. The molecular formula is C16H19FN2S. The molecule has 0 atom stereocenters. The van der Waals surface area contributed by atoms with Gasteiger partial charge in [0.15, 0.2) is 0 Å². The number of hydrogen-bond acceptors (Lipinski definition) is 2. The van der Waals surface area contributed by atoms with Gasteiger partial charge < -0.3 is 5.32 Å². The van der Waals surface area contributed by atoms with Crippen molar-refractivity contribution in [1.29, 1.82) is 0 Å².